The Morgan fingerprint density at radius 2 is 1.91 bits per heavy atom. The van der Waals surface area contributed by atoms with E-state index in [-0.39, 0.29) is 5.91 Å². The SMILES string of the molecule is C=C(C)CSc1nnc(SCC(=O)NC2CCCC(C)C2C)s1. The Hall–Kier alpha value is -0.530. The number of carbonyl (C=O) groups excluding carboxylic acids is 1. The van der Waals surface area contributed by atoms with Crippen molar-refractivity contribution < 1.29 is 4.79 Å². The van der Waals surface area contributed by atoms with E-state index in [1.807, 2.05) is 6.92 Å². The van der Waals surface area contributed by atoms with Gasteiger partial charge in [-0.3, -0.25) is 4.79 Å². The molecule has 0 radical (unpaired) electrons. The second kappa shape index (κ2) is 9.08. The fraction of sp³-hybridized carbons (Fsp3) is 0.688. The van der Waals surface area contributed by atoms with Crippen molar-refractivity contribution in [1.29, 1.82) is 0 Å². The van der Waals surface area contributed by atoms with Crippen LogP contribution >= 0.6 is 34.9 Å². The summed E-state index contributed by atoms with van der Waals surface area (Å²) < 4.78 is 1.79. The van der Waals surface area contributed by atoms with E-state index in [0.29, 0.717) is 23.6 Å². The van der Waals surface area contributed by atoms with Gasteiger partial charge >= 0.3 is 0 Å². The molecule has 1 amide bonds. The molecule has 7 heteroatoms. The molecule has 0 aliphatic heterocycles. The summed E-state index contributed by atoms with van der Waals surface area (Å²) in [5.41, 5.74) is 1.12. The van der Waals surface area contributed by atoms with E-state index >= 15 is 0 Å². The van der Waals surface area contributed by atoms with Crippen LogP contribution in [0.5, 0.6) is 0 Å². The molecule has 0 aromatic carbocycles. The summed E-state index contributed by atoms with van der Waals surface area (Å²) >= 11 is 4.66. The molecule has 2 rings (SSSR count). The number of hydrogen-bond donors (Lipinski definition) is 1. The molecule has 0 bridgehead atoms. The molecule has 1 fully saturated rings. The van der Waals surface area contributed by atoms with E-state index in [2.05, 4.69) is 35.9 Å². The molecule has 1 aliphatic carbocycles. The van der Waals surface area contributed by atoms with Crippen molar-refractivity contribution >= 4 is 40.8 Å². The Balaban J connectivity index is 1.75. The van der Waals surface area contributed by atoms with Crippen LogP contribution in [0.3, 0.4) is 0 Å². The maximum Gasteiger partial charge on any atom is 0.230 e. The Morgan fingerprint density at radius 1 is 1.26 bits per heavy atom. The number of carbonyl (C=O) groups is 1. The van der Waals surface area contributed by atoms with E-state index < -0.39 is 0 Å². The monoisotopic (exact) mass is 371 g/mol. The van der Waals surface area contributed by atoms with Gasteiger partial charge in [-0.25, -0.2) is 0 Å². The number of nitrogens with one attached hydrogen (secondary N) is 1. The third-order valence-electron chi connectivity index (χ3n) is 4.21. The second-order valence-electron chi connectivity index (χ2n) is 6.31. The summed E-state index contributed by atoms with van der Waals surface area (Å²) in [6, 6.07) is 0.322. The Morgan fingerprint density at radius 3 is 2.57 bits per heavy atom. The molecule has 1 aromatic rings. The van der Waals surface area contributed by atoms with E-state index in [0.717, 1.165) is 26.4 Å². The number of aromatic nitrogens is 2. The quantitative estimate of drug-likeness (QED) is 0.574. The molecule has 1 saturated carbocycles. The van der Waals surface area contributed by atoms with Crippen LogP contribution in [-0.4, -0.2) is 33.7 Å². The number of thioether (sulfide) groups is 2. The molecule has 1 aromatic heterocycles. The van der Waals surface area contributed by atoms with E-state index in [4.69, 9.17) is 0 Å². The average molecular weight is 372 g/mol. The van der Waals surface area contributed by atoms with Crippen molar-refractivity contribution in [3.05, 3.63) is 12.2 Å². The Labute approximate surface area is 151 Å². The fourth-order valence-electron chi connectivity index (χ4n) is 2.66. The summed E-state index contributed by atoms with van der Waals surface area (Å²) in [6.45, 7) is 10.4. The van der Waals surface area contributed by atoms with Crippen LogP contribution in [0, 0.1) is 11.8 Å². The molecule has 3 atom stereocenters. The van der Waals surface area contributed by atoms with Gasteiger partial charge in [-0.05, 0) is 25.2 Å². The highest BCUT2D eigenvalue weighted by molar-refractivity contribution is 8.03. The van der Waals surface area contributed by atoms with Crippen molar-refractivity contribution in [3.8, 4) is 0 Å². The first-order valence-corrected chi connectivity index (χ1v) is 10.8. The van der Waals surface area contributed by atoms with Gasteiger partial charge in [-0.2, -0.15) is 0 Å². The third kappa shape index (κ3) is 6.12. The van der Waals surface area contributed by atoms with Crippen LogP contribution < -0.4 is 5.32 Å². The molecule has 0 spiro atoms. The minimum absolute atomic E-state index is 0.104. The zero-order valence-electron chi connectivity index (χ0n) is 14.0. The van der Waals surface area contributed by atoms with Gasteiger partial charge in [0, 0.05) is 11.8 Å². The largest absolute Gasteiger partial charge is 0.352 e. The van der Waals surface area contributed by atoms with Crippen LogP contribution in [0.4, 0.5) is 0 Å². The maximum atomic E-state index is 12.2. The first kappa shape index (κ1) is 18.8. The molecule has 0 saturated heterocycles. The van der Waals surface area contributed by atoms with Crippen molar-refractivity contribution in [2.24, 2.45) is 11.8 Å². The normalized spacial score (nSPS) is 24.4. The summed E-state index contributed by atoms with van der Waals surface area (Å²) in [5.74, 6) is 2.63. The zero-order valence-corrected chi connectivity index (χ0v) is 16.5. The van der Waals surface area contributed by atoms with E-state index in [9.17, 15) is 4.79 Å². The molecule has 23 heavy (non-hydrogen) atoms. The number of nitrogens with zero attached hydrogens (tertiary/aromatic N) is 2. The Bertz CT molecular complexity index is 546. The molecule has 1 N–H and O–H groups in total. The van der Waals surface area contributed by atoms with E-state index in [1.54, 1.807) is 23.1 Å². The van der Waals surface area contributed by atoms with Crippen molar-refractivity contribution in [2.75, 3.05) is 11.5 Å². The topological polar surface area (TPSA) is 54.9 Å². The lowest BCUT2D eigenvalue weighted by Gasteiger charge is -2.34. The van der Waals surface area contributed by atoms with Crippen LogP contribution in [-0.2, 0) is 4.79 Å². The smallest absolute Gasteiger partial charge is 0.230 e. The van der Waals surface area contributed by atoms with Crippen molar-refractivity contribution in [2.45, 2.75) is 54.8 Å². The highest BCUT2D eigenvalue weighted by Gasteiger charge is 2.28. The van der Waals surface area contributed by atoms with Gasteiger partial charge in [0.15, 0.2) is 8.68 Å². The molecule has 128 valence electrons. The predicted molar refractivity (Wildman–Crippen MR) is 100 cm³/mol. The summed E-state index contributed by atoms with van der Waals surface area (Å²) in [5, 5.41) is 11.5. The second-order valence-corrected chi connectivity index (χ2v) is 9.73. The summed E-state index contributed by atoms with van der Waals surface area (Å²) in [7, 11) is 0. The lowest BCUT2D eigenvalue weighted by atomic mass is 9.78. The van der Waals surface area contributed by atoms with Crippen LogP contribution in [0.15, 0.2) is 20.8 Å². The van der Waals surface area contributed by atoms with Crippen molar-refractivity contribution in [1.82, 2.24) is 15.5 Å². The van der Waals surface area contributed by atoms with Gasteiger partial charge < -0.3 is 5.32 Å². The van der Waals surface area contributed by atoms with Gasteiger partial charge in [0.2, 0.25) is 5.91 Å². The molecule has 4 nitrogen and oxygen atoms in total. The minimum atomic E-state index is 0.104. The zero-order chi connectivity index (χ0) is 16.8. The third-order valence-corrected chi connectivity index (χ3v) is 7.63. The standard InChI is InChI=1S/C16H25N3OS3/c1-10(2)8-21-15-18-19-16(23-15)22-9-14(20)17-13-7-5-6-11(3)12(13)4/h11-13H,1,5-9H2,2-4H3,(H,17,20). The highest BCUT2D eigenvalue weighted by atomic mass is 32.2. The van der Waals surface area contributed by atoms with Crippen LogP contribution in [0.1, 0.15) is 40.0 Å². The molecule has 1 heterocycles. The average Bonchev–Trinajstić information content (AvgIpc) is 2.96. The molecule has 1 aliphatic rings. The first-order valence-electron chi connectivity index (χ1n) is 7.98. The highest BCUT2D eigenvalue weighted by Crippen LogP contribution is 2.31. The summed E-state index contributed by atoms with van der Waals surface area (Å²) in [4.78, 5) is 12.2. The fourth-order valence-corrected chi connectivity index (χ4v) is 5.33. The van der Waals surface area contributed by atoms with Gasteiger partial charge in [0.25, 0.3) is 0 Å². The molecular formula is C16H25N3OS3. The van der Waals surface area contributed by atoms with Gasteiger partial charge in [0.05, 0.1) is 5.75 Å². The van der Waals surface area contributed by atoms with E-state index in [1.165, 1.54) is 24.6 Å². The van der Waals surface area contributed by atoms with Gasteiger partial charge in [0.1, 0.15) is 0 Å². The molecule has 3 unspecified atom stereocenters. The van der Waals surface area contributed by atoms with Crippen molar-refractivity contribution in [3.63, 3.8) is 0 Å². The maximum absolute atomic E-state index is 12.2. The van der Waals surface area contributed by atoms with Gasteiger partial charge in [-0.1, -0.05) is 73.7 Å². The minimum Gasteiger partial charge on any atom is -0.352 e. The lowest BCUT2D eigenvalue weighted by Crippen LogP contribution is -2.44. The van der Waals surface area contributed by atoms with Gasteiger partial charge in [-0.15, -0.1) is 10.2 Å². The van der Waals surface area contributed by atoms with Crippen LogP contribution in [0.2, 0.25) is 0 Å². The first-order chi connectivity index (χ1) is 11.0. The Kier molecular flexibility index (Phi) is 7.43. The lowest BCUT2D eigenvalue weighted by molar-refractivity contribution is -0.119. The summed E-state index contributed by atoms with van der Waals surface area (Å²) in [6.07, 6.45) is 3.59. The number of rotatable bonds is 7. The van der Waals surface area contributed by atoms with Crippen LogP contribution in [0.25, 0.3) is 0 Å². The predicted octanol–water partition coefficient (Wildman–Crippen LogP) is 4.24. The number of amides is 1. The molecular weight excluding hydrogens is 346 g/mol. The number of hydrogen-bond acceptors (Lipinski definition) is 6.